The summed E-state index contributed by atoms with van der Waals surface area (Å²) in [5.41, 5.74) is -2.25. The minimum Gasteiger partial charge on any atom is -0.374 e. The van der Waals surface area contributed by atoms with E-state index >= 15 is 0 Å². The Morgan fingerprint density at radius 2 is 1.45 bits per heavy atom. The number of nitrogens with zero attached hydrogens (tertiary/aromatic N) is 3. The van der Waals surface area contributed by atoms with Crippen LogP contribution in [-0.4, -0.2) is 71.4 Å². The number of aliphatic hydroxyl groups excluding tert-OH is 1. The van der Waals surface area contributed by atoms with Gasteiger partial charge in [0.2, 0.25) is 0 Å². The first kappa shape index (κ1) is 29.2. The topological polar surface area (TPSA) is 67.2 Å². The fourth-order valence-corrected chi connectivity index (χ4v) is 6.90. The molecule has 3 saturated heterocycles. The molecule has 2 aromatic carbocycles. The van der Waals surface area contributed by atoms with Crippen molar-refractivity contribution in [3.05, 3.63) is 64.7 Å². The highest BCUT2D eigenvalue weighted by Gasteiger charge is 2.62. The van der Waals surface area contributed by atoms with Crippen molar-refractivity contribution in [1.29, 1.82) is 0 Å². The van der Waals surface area contributed by atoms with Crippen molar-refractivity contribution in [2.24, 2.45) is 11.8 Å². The second-order valence-electron chi connectivity index (χ2n) is 11.4. The van der Waals surface area contributed by atoms with Crippen LogP contribution in [0.3, 0.4) is 0 Å². The van der Waals surface area contributed by atoms with Gasteiger partial charge in [-0.3, -0.25) is 9.69 Å². The van der Waals surface area contributed by atoms with E-state index in [1.807, 2.05) is 23.1 Å². The van der Waals surface area contributed by atoms with Gasteiger partial charge >= 0.3 is 6.18 Å². The Balaban J connectivity index is 1.15. The molecule has 2 aromatic rings. The van der Waals surface area contributed by atoms with Crippen molar-refractivity contribution in [2.45, 2.75) is 56.5 Å². The minimum absolute atomic E-state index is 0.200. The molecule has 0 saturated carbocycles. The van der Waals surface area contributed by atoms with Gasteiger partial charge in [0.25, 0.3) is 11.5 Å². The molecule has 40 heavy (non-hydrogen) atoms. The standard InChI is InChI=1S/C30H37ClF3N3O3/c31-26-20-24(8-9-25(26)27(38)36-14-4-5-15-36)35-16-10-21(11-17-35)22-12-18-37(19-13-22)28(39)29(40,30(32,33)34)23-6-2-1-3-7-23/h1-3,6-9,20-22,27,38,40H,4-5,10-19H2. The van der Waals surface area contributed by atoms with Gasteiger partial charge in [0.15, 0.2) is 0 Å². The van der Waals surface area contributed by atoms with Gasteiger partial charge < -0.3 is 20.0 Å². The summed E-state index contributed by atoms with van der Waals surface area (Å²) in [6.07, 6.45) is -0.506. The molecule has 3 fully saturated rings. The van der Waals surface area contributed by atoms with Crippen molar-refractivity contribution in [3.8, 4) is 0 Å². The minimum atomic E-state index is -5.12. The van der Waals surface area contributed by atoms with Gasteiger partial charge in [-0.15, -0.1) is 0 Å². The van der Waals surface area contributed by atoms with Crippen LogP contribution in [0.15, 0.2) is 48.5 Å². The molecule has 0 aromatic heterocycles. The zero-order valence-electron chi connectivity index (χ0n) is 22.5. The number of benzene rings is 2. The Morgan fingerprint density at radius 3 is 2.00 bits per heavy atom. The lowest BCUT2D eigenvalue weighted by Crippen LogP contribution is -2.57. The number of carbonyl (C=O) groups excluding carboxylic acids is 1. The Labute approximate surface area is 238 Å². The van der Waals surface area contributed by atoms with Gasteiger partial charge in [-0.1, -0.05) is 48.0 Å². The predicted molar refractivity (Wildman–Crippen MR) is 148 cm³/mol. The molecule has 2 atom stereocenters. The molecule has 3 aliphatic heterocycles. The van der Waals surface area contributed by atoms with Crippen LogP contribution in [0.25, 0.3) is 0 Å². The number of anilines is 1. The first-order chi connectivity index (χ1) is 19.1. The quantitative estimate of drug-likeness (QED) is 0.484. The third-order valence-corrected chi connectivity index (χ3v) is 9.39. The number of amides is 1. The van der Waals surface area contributed by atoms with E-state index < -0.39 is 29.5 Å². The highest BCUT2D eigenvalue weighted by Crippen LogP contribution is 2.42. The van der Waals surface area contributed by atoms with E-state index in [1.165, 1.54) is 17.0 Å². The number of rotatable bonds is 6. The van der Waals surface area contributed by atoms with E-state index in [1.54, 1.807) is 6.07 Å². The van der Waals surface area contributed by atoms with E-state index in [0.29, 0.717) is 29.7 Å². The average Bonchev–Trinajstić information content (AvgIpc) is 3.51. The van der Waals surface area contributed by atoms with Gasteiger partial charge in [0.1, 0.15) is 6.23 Å². The number of hydrogen-bond donors (Lipinski definition) is 2. The maximum absolute atomic E-state index is 14.0. The smallest absolute Gasteiger partial charge is 0.374 e. The molecule has 218 valence electrons. The average molecular weight is 580 g/mol. The van der Waals surface area contributed by atoms with Crippen LogP contribution in [0.1, 0.15) is 55.9 Å². The predicted octanol–water partition coefficient (Wildman–Crippen LogP) is 5.33. The number of likely N-dealkylation sites (tertiary alicyclic amines) is 2. The highest BCUT2D eigenvalue weighted by molar-refractivity contribution is 6.31. The molecule has 0 bridgehead atoms. The molecule has 0 spiro atoms. The molecule has 10 heteroatoms. The molecule has 3 heterocycles. The molecule has 6 nitrogen and oxygen atoms in total. The van der Waals surface area contributed by atoms with Crippen molar-refractivity contribution < 1.29 is 28.2 Å². The molecule has 0 aliphatic carbocycles. The van der Waals surface area contributed by atoms with Crippen LogP contribution < -0.4 is 4.90 Å². The third-order valence-electron chi connectivity index (χ3n) is 9.06. The van der Waals surface area contributed by atoms with Gasteiger partial charge in [0, 0.05) is 61.1 Å². The Kier molecular flexibility index (Phi) is 8.66. The number of alkyl halides is 3. The molecule has 2 N–H and O–H groups in total. The molecular weight excluding hydrogens is 543 g/mol. The molecule has 1 amide bonds. The number of hydrogen-bond acceptors (Lipinski definition) is 5. The number of halogens is 4. The Bertz CT molecular complexity index is 1160. The lowest BCUT2D eigenvalue weighted by molar-refractivity contribution is -0.262. The fraction of sp³-hybridized carbons (Fsp3) is 0.567. The van der Waals surface area contributed by atoms with Gasteiger partial charge in [0.05, 0.1) is 0 Å². The SMILES string of the molecule is O=C(N1CCC(C2CCN(c3ccc(C(O)N4CCCC4)c(Cl)c3)CC2)CC1)C(O)(c1ccccc1)C(F)(F)F. The summed E-state index contributed by atoms with van der Waals surface area (Å²) in [5, 5.41) is 21.9. The maximum atomic E-state index is 14.0. The lowest BCUT2D eigenvalue weighted by atomic mass is 9.78. The van der Waals surface area contributed by atoms with Crippen LogP contribution in [-0.2, 0) is 10.4 Å². The summed E-state index contributed by atoms with van der Waals surface area (Å²) in [5.74, 6) is -0.547. The number of piperidine rings is 2. The van der Waals surface area contributed by atoms with Crippen LogP contribution in [0, 0.1) is 11.8 Å². The van der Waals surface area contributed by atoms with E-state index in [-0.39, 0.29) is 13.1 Å². The molecule has 5 rings (SSSR count). The van der Waals surface area contributed by atoms with E-state index in [4.69, 9.17) is 11.6 Å². The number of aliphatic hydroxyl groups is 2. The molecular formula is C30H37ClF3N3O3. The van der Waals surface area contributed by atoms with Crippen LogP contribution >= 0.6 is 11.6 Å². The zero-order chi connectivity index (χ0) is 28.5. The second-order valence-corrected chi connectivity index (χ2v) is 11.8. The van der Waals surface area contributed by atoms with E-state index in [9.17, 15) is 28.2 Å². The summed E-state index contributed by atoms with van der Waals surface area (Å²) in [6, 6.07) is 12.5. The lowest BCUT2D eigenvalue weighted by Gasteiger charge is -2.42. The van der Waals surface area contributed by atoms with Crippen molar-refractivity contribution in [3.63, 3.8) is 0 Å². The summed E-state index contributed by atoms with van der Waals surface area (Å²) in [7, 11) is 0. The number of carbonyl (C=O) groups is 1. The van der Waals surface area contributed by atoms with Gasteiger partial charge in [-0.25, -0.2) is 0 Å². The zero-order valence-corrected chi connectivity index (χ0v) is 23.2. The normalized spacial score (nSPS) is 22.4. The summed E-state index contributed by atoms with van der Waals surface area (Å²) in [4.78, 5) is 18.5. The van der Waals surface area contributed by atoms with Crippen molar-refractivity contribution in [2.75, 3.05) is 44.2 Å². The highest BCUT2D eigenvalue weighted by atomic mass is 35.5. The van der Waals surface area contributed by atoms with E-state index in [2.05, 4.69) is 4.90 Å². The Hall–Kier alpha value is -2.33. The van der Waals surface area contributed by atoms with Crippen molar-refractivity contribution in [1.82, 2.24) is 9.80 Å². The largest absolute Gasteiger partial charge is 0.430 e. The van der Waals surface area contributed by atoms with Gasteiger partial charge in [-0.05, 0) is 62.5 Å². The maximum Gasteiger partial charge on any atom is 0.430 e. The first-order valence-electron chi connectivity index (χ1n) is 14.2. The van der Waals surface area contributed by atoms with Crippen molar-refractivity contribution >= 4 is 23.2 Å². The van der Waals surface area contributed by atoms with Crippen LogP contribution in [0.4, 0.5) is 18.9 Å². The Morgan fingerprint density at radius 1 is 0.875 bits per heavy atom. The fourth-order valence-electron chi connectivity index (χ4n) is 6.62. The molecule has 2 unspecified atom stereocenters. The van der Waals surface area contributed by atoms with Gasteiger partial charge in [-0.2, -0.15) is 13.2 Å². The summed E-state index contributed by atoms with van der Waals surface area (Å²) in [6.45, 7) is 3.83. The molecule has 0 radical (unpaired) electrons. The third kappa shape index (κ3) is 5.71. The molecule has 3 aliphatic rings. The van der Waals surface area contributed by atoms with Crippen LogP contribution in [0.5, 0.6) is 0 Å². The second kappa shape index (κ2) is 11.9. The van der Waals surface area contributed by atoms with E-state index in [0.717, 1.165) is 75.2 Å². The summed E-state index contributed by atoms with van der Waals surface area (Å²) < 4.78 is 41.9. The van der Waals surface area contributed by atoms with Crippen LogP contribution in [0.2, 0.25) is 5.02 Å². The monoisotopic (exact) mass is 579 g/mol. The first-order valence-corrected chi connectivity index (χ1v) is 14.6. The summed E-state index contributed by atoms with van der Waals surface area (Å²) >= 11 is 6.58.